The van der Waals surface area contributed by atoms with Crippen LogP contribution in [0.2, 0.25) is 0 Å². The summed E-state index contributed by atoms with van der Waals surface area (Å²) in [6, 6.07) is 1.83. The first kappa shape index (κ1) is 9.92. The summed E-state index contributed by atoms with van der Waals surface area (Å²) in [4.78, 5) is 10.1. The van der Waals surface area contributed by atoms with Crippen LogP contribution in [-0.4, -0.2) is 34.8 Å². The fraction of sp³-hybridized carbons (Fsp3) is 0.556. The van der Waals surface area contributed by atoms with E-state index in [-0.39, 0.29) is 6.10 Å². The number of hydrogen-bond donors (Lipinski definition) is 1. The molecular formula is C9H15N3O. The van der Waals surface area contributed by atoms with Gasteiger partial charge in [-0.05, 0) is 19.9 Å². The number of aryl methyl sites for hydroxylation is 1. The molecule has 0 unspecified atom stereocenters. The summed E-state index contributed by atoms with van der Waals surface area (Å²) in [5.41, 5.74) is 0. The number of nitrogens with zero attached hydrogens (tertiary/aromatic N) is 3. The van der Waals surface area contributed by atoms with Gasteiger partial charge in [0.25, 0.3) is 0 Å². The molecule has 1 rings (SSSR count). The lowest BCUT2D eigenvalue weighted by Gasteiger charge is -2.19. The molecule has 1 aromatic heterocycles. The second-order valence-electron chi connectivity index (χ2n) is 3.19. The number of hydrogen-bond acceptors (Lipinski definition) is 4. The number of aromatic nitrogens is 2. The van der Waals surface area contributed by atoms with E-state index in [1.54, 1.807) is 13.1 Å². The molecule has 0 saturated heterocycles. The van der Waals surface area contributed by atoms with Crippen molar-refractivity contribution in [2.45, 2.75) is 20.0 Å². The molecule has 0 bridgehead atoms. The van der Waals surface area contributed by atoms with Gasteiger partial charge in [-0.1, -0.05) is 0 Å². The number of aliphatic hydroxyl groups is 1. The van der Waals surface area contributed by atoms with Crippen molar-refractivity contribution >= 4 is 5.82 Å². The molecule has 1 aromatic rings. The lowest BCUT2D eigenvalue weighted by molar-refractivity contribution is 0.201. The SMILES string of the molecule is Cc1nccc(N(C)C[C@H](C)O)n1. The average Bonchev–Trinajstić information content (AvgIpc) is 2.03. The van der Waals surface area contributed by atoms with Gasteiger partial charge in [-0.3, -0.25) is 0 Å². The maximum Gasteiger partial charge on any atom is 0.132 e. The van der Waals surface area contributed by atoms with E-state index in [0.717, 1.165) is 11.6 Å². The third kappa shape index (κ3) is 2.99. The molecule has 0 amide bonds. The molecular weight excluding hydrogens is 166 g/mol. The summed E-state index contributed by atoms with van der Waals surface area (Å²) in [5.74, 6) is 1.59. The number of anilines is 1. The quantitative estimate of drug-likeness (QED) is 0.742. The van der Waals surface area contributed by atoms with Crippen molar-refractivity contribution < 1.29 is 5.11 Å². The lowest BCUT2D eigenvalue weighted by atomic mass is 10.3. The maximum absolute atomic E-state index is 9.17. The van der Waals surface area contributed by atoms with Crippen LogP contribution in [0.25, 0.3) is 0 Å². The highest BCUT2D eigenvalue weighted by molar-refractivity contribution is 5.36. The van der Waals surface area contributed by atoms with Crippen molar-refractivity contribution in [3.8, 4) is 0 Å². The fourth-order valence-electron chi connectivity index (χ4n) is 1.15. The first-order valence-corrected chi connectivity index (χ1v) is 4.28. The monoisotopic (exact) mass is 181 g/mol. The Morgan fingerprint density at radius 2 is 2.31 bits per heavy atom. The van der Waals surface area contributed by atoms with Gasteiger partial charge in [-0.2, -0.15) is 0 Å². The van der Waals surface area contributed by atoms with Gasteiger partial charge in [0.2, 0.25) is 0 Å². The van der Waals surface area contributed by atoms with Crippen LogP contribution in [0, 0.1) is 6.92 Å². The van der Waals surface area contributed by atoms with Gasteiger partial charge >= 0.3 is 0 Å². The third-order valence-electron chi connectivity index (χ3n) is 1.69. The molecule has 0 aromatic carbocycles. The van der Waals surface area contributed by atoms with E-state index in [4.69, 9.17) is 5.11 Å². The Morgan fingerprint density at radius 1 is 1.62 bits per heavy atom. The Labute approximate surface area is 78.2 Å². The average molecular weight is 181 g/mol. The van der Waals surface area contributed by atoms with E-state index >= 15 is 0 Å². The van der Waals surface area contributed by atoms with Crippen molar-refractivity contribution in [1.82, 2.24) is 9.97 Å². The Hall–Kier alpha value is -1.16. The molecule has 0 fully saturated rings. The molecule has 0 aliphatic heterocycles. The van der Waals surface area contributed by atoms with E-state index < -0.39 is 0 Å². The van der Waals surface area contributed by atoms with Crippen LogP contribution >= 0.6 is 0 Å². The van der Waals surface area contributed by atoms with E-state index in [0.29, 0.717) is 6.54 Å². The molecule has 0 spiro atoms. The van der Waals surface area contributed by atoms with Gasteiger partial charge in [-0.15, -0.1) is 0 Å². The Bertz CT molecular complexity index is 275. The summed E-state index contributed by atoms with van der Waals surface area (Å²) < 4.78 is 0. The topological polar surface area (TPSA) is 49.2 Å². The molecule has 4 heteroatoms. The molecule has 1 atom stereocenters. The largest absolute Gasteiger partial charge is 0.392 e. The zero-order valence-corrected chi connectivity index (χ0v) is 8.23. The predicted octanol–water partition coefficient (Wildman–Crippen LogP) is 0.602. The molecule has 0 aliphatic carbocycles. The smallest absolute Gasteiger partial charge is 0.132 e. The summed E-state index contributed by atoms with van der Waals surface area (Å²) in [7, 11) is 1.90. The highest BCUT2D eigenvalue weighted by atomic mass is 16.3. The summed E-state index contributed by atoms with van der Waals surface area (Å²) in [6.07, 6.45) is 1.37. The van der Waals surface area contributed by atoms with E-state index in [9.17, 15) is 0 Å². The number of rotatable bonds is 3. The van der Waals surface area contributed by atoms with Crippen molar-refractivity contribution in [3.05, 3.63) is 18.1 Å². The maximum atomic E-state index is 9.17. The molecule has 1 N–H and O–H groups in total. The minimum atomic E-state index is -0.347. The zero-order valence-electron chi connectivity index (χ0n) is 8.23. The number of likely N-dealkylation sites (N-methyl/N-ethyl adjacent to an activating group) is 1. The predicted molar refractivity (Wildman–Crippen MR) is 51.7 cm³/mol. The van der Waals surface area contributed by atoms with E-state index in [2.05, 4.69) is 9.97 Å². The molecule has 0 aliphatic rings. The Kier molecular flexibility index (Phi) is 3.19. The van der Waals surface area contributed by atoms with Crippen LogP contribution in [0.15, 0.2) is 12.3 Å². The van der Waals surface area contributed by atoms with Crippen LogP contribution in [0.5, 0.6) is 0 Å². The fourth-order valence-corrected chi connectivity index (χ4v) is 1.15. The van der Waals surface area contributed by atoms with Crippen molar-refractivity contribution in [2.75, 3.05) is 18.5 Å². The van der Waals surface area contributed by atoms with E-state index in [1.165, 1.54) is 0 Å². The van der Waals surface area contributed by atoms with Crippen molar-refractivity contribution in [3.63, 3.8) is 0 Å². The minimum Gasteiger partial charge on any atom is -0.392 e. The van der Waals surface area contributed by atoms with Crippen LogP contribution in [0.1, 0.15) is 12.7 Å². The highest BCUT2D eigenvalue weighted by Crippen LogP contribution is 2.07. The normalized spacial score (nSPS) is 12.6. The minimum absolute atomic E-state index is 0.347. The van der Waals surface area contributed by atoms with Crippen LogP contribution in [0.3, 0.4) is 0 Å². The molecule has 4 nitrogen and oxygen atoms in total. The molecule has 1 heterocycles. The van der Waals surface area contributed by atoms with Crippen molar-refractivity contribution in [2.24, 2.45) is 0 Å². The molecule has 13 heavy (non-hydrogen) atoms. The molecule has 72 valence electrons. The first-order valence-electron chi connectivity index (χ1n) is 4.28. The van der Waals surface area contributed by atoms with Crippen molar-refractivity contribution in [1.29, 1.82) is 0 Å². The van der Waals surface area contributed by atoms with E-state index in [1.807, 2.05) is 24.9 Å². The zero-order chi connectivity index (χ0) is 9.84. The summed E-state index contributed by atoms with van der Waals surface area (Å²) in [6.45, 7) is 4.18. The van der Waals surface area contributed by atoms with Gasteiger partial charge in [-0.25, -0.2) is 9.97 Å². The van der Waals surface area contributed by atoms with Gasteiger partial charge < -0.3 is 10.0 Å². The Morgan fingerprint density at radius 3 is 2.85 bits per heavy atom. The van der Waals surface area contributed by atoms with Crippen LogP contribution < -0.4 is 4.90 Å². The summed E-state index contributed by atoms with van der Waals surface area (Å²) in [5, 5.41) is 9.17. The molecule has 0 saturated carbocycles. The van der Waals surface area contributed by atoms with Gasteiger partial charge in [0.05, 0.1) is 6.10 Å². The summed E-state index contributed by atoms with van der Waals surface area (Å²) >= 11 is 0. The van der Waals surface area contributed by atoms with Crippen LogP contribution in [0.4, 0.5) is 5.82 Å². The van der Waals surface area contributed by atoms with Gasteiger partial charge in [0, 0.05) is 19.8 Å². The van der Waals surface area contributed by atoms with Gasteiger partial charge in [0.15, 0.2) is 0 Å². The lowest BCUT2D eigenvalue weighted by Crippen LogP contribution is -2.27. The number of aliphatic hydroxyl groups excluding tert-OH is 1. The Balaban J connectivity index is 2.71. The highest BCUT2D eigenvalue weighted by Gasteiger charge is 2.05. The van der Waals surface area contributed by atoms with Gasteiger partial charge in [0.1, 0.15) is 11.6 Å². The third-order valence-corrected chi connectivity index (χ3v) is 1.69. The second-order valence-corrected chi connectivity index (χ2v) is 3.19. The second kappa shape index (κ2) is 4.18. The standard InChI is InChI=1S/C9H15N3O/c1-7(13)6-12(3)9-4-5-10-8(2)11-9/h4-5,7,13H,6H2,1-3H3/t7-/m0/s1. The first-order chi connectivity index (χ1) is 6.09. The van der Waals surface area contributed by atoms with Crippen LogP contribution in [-0.2, 0) is 0 Å². The molecule has 0 radical (unpaired) electrons.